The standard InChI is InChI=1S/C26H16INO5/c27-15-8-6-7-14(13-15)21-19-20(25(32)28(24(19)31)16-9-2-1-3-10-16)26(33-21)22(29)17-11-4-5-12-18(17)23(26)30/h1-13,19-21H/t19-,20-,21-/m0/s1. The number of halogens is 1. The summed E-state index contributed by atoms with van der Waals surface area (Å²) in [5.74, 6) is -4.38. The Balaban J connectivity index is 1.56. The van der Waals surface area contributed by atoms with Gasteiger partial charge < -0.3 is 4.74 Å². The van der Waals surface area contributed by atoms with Gasteiger partial charge in [-0.25, -0.2) is 4.90 Å². The van der Waals surface area contributed by atoms with Crippen LogP contribution in [-0.4, -0.2) is 29.0 Å². The molecule has 2 saturated heterocycles. The molecular formula is C26H16INO5. The molecule has 6 nitrogen and oxygen atoms in total. The van der Waals surface area contributed by atoms with Crippen molar-refractivity contribution in [3.63, 3.8) is 0 Å². The molecular weight excluding hydrogens is 533 g/mol. The molecule has 1 spiro atoms. The summed E-state index contributed by atoms with van der Waals surface area (Å²) in [5, 5.41) is 0. The average Bonchev–Trinajstić information content (AvgIpc) is 3.40. The van der Waals surface area contributed by atoms with E-state index in [0.29, 0.717) is 11.3 Å². The van der Waals surface area contributed by atoms with E-state index in [4.69, 9.17) is 4.74 Å². The number of benzene rings is 3. The summed E-state index contributed by atoms with van der Waals surface area (Å²) in [6.07, 6.45) is -0.905. The third kappa shape index (κ3) is 2.63. The van der Waals surface area contributed by atoms with E-state index < -0.39 is 46.9 Å². The maximum atomic E-state index is 13.8. The first-order valence-electron chi connectivity index (χ1n) is 10.5. The fourth-order valence-corrected chi connectivity index (χ4v) is 5.90. The first kappa shape index (κ1) is 20.4. The van der Waals surface area contributed by atoms with Crippen molar-refractivity contribution < 1.29 is 23.9 Å². The molecule has 0 radical (unpaired) electrons. The van der Waals surface area contributed by atoms with Crippen molar-refractivity contribution in [3.8, 4) is 0 Å². The van der Waals surface area contributed by atoms with Crippen LogP contribution in [0.5, 0.6) is 0 Å². The summed E-state index contributed by atoms with van der Waals surface area (Å²) in [6, 6.07) is 22.4. The molecule has 6 rings (SSSR count). The zero-order valence-electron chi connectivity index (χ0n) is 17.1. The second-order valence-corrected chi connectivity index (χ2v) is 9.63. The van der Waals surface area contributed by atoms with Gasteiger partial charge in [-0.1, -0.05) is 54.6 Å². The second-order valence-electron chi connectivity index (χ2n) is 8.38. The number of hydrogen-bond donors (Lipinski definition) is 0. The van der Waals surface area contributed by atoms with Gasteiger partial charge in [0.05, 0.1) is 23.6 Å². The molecule has 2 fully saturated rings. The number of hydrogen-bond acceptors (Lipinski definition) is 5. The molecule has 0 bridgehead atoms. The van der Waals surface area contributed by atoms with Gasteiger partial charge in [0.1, 0.15) is 0 Å². The van der Waals surface area contributed by atoms with E-state index in [1.807, 2.05) is 18.2 Å². The van der Waals surface area contributed by atoms with E-state index >= 15 is 0 Å². The lowest BCUT2D eigenvalue weighted by Crippen LogP contribution is -2.51. The Morgan fingerprint density at radius 2 is 1.39 bits per heavy atom. The van der Waals surface area contributed by atoms with E-state index in [9.17, 15) is 19.2 Å². The summed E-state index contributed by atoms with van der Waals surface area (Å²) in [7, 11) is 0. The Hall–Kier alpha value is -3.17. The molecule has 3 aliphatic rings. The third-order valence-corrected chi connectivity index (χ3v) is 7.38. The highest BCUT2D eigenvalue weighted by atomic mass is 127. The van der Waals surface area contributed by atoms with Gasteiger partial charge in [-0.2, -0.15) is 0 Å². The van der Waals surface area contributed by atoms with Crippen molar-refractivity contribution in [2.45, 2.75) is 11.7 Å². The Morgan fingerprint density at radius 3 is 2.03 bits per heavy atom. The molecule has 2 heterocycles. The molecule has 1 aliphatic carbocycles. The number of anilines is 1. The SMILES string of the molecule is O=C1[C@H]2[C@@H](C(=O)N1c1ccccc1)C1(O[C@H]2c2cccc(I)c2)C(=O)c2ccccc2C1=O. The minimum Gasteiger partial charge on any atom is -0.349 e. The Kier molecular flexibility index (Phi) is 4.44. The molecule has 7 heteroatoms. The summed E-state index contributed by atoms with van der Waals surface area (Å²) < 4.78 is 7.19. The summed E-state index contributed by atoms with van der Waals surface area (Å²) in [6.45, 7) is 0. The van der Waals surface area contributed by atoms with Crippen molar-refractivity contribution in [3.05, 3.63) is 99.1 Å². The zero-order chi connectivity index (χ0) is 22.9. The number of para-hydroxylation sites is 1. The molecule has 0 N–H and O–H groups in total. The van der Waals surface area contributed by atoms with Crippen LogP contribution >= 0.6 is 22.6 Å². The van der Waals surface area contributed by atoms with Gasteiger partial charge in [0.15, 0.2) is 0 Å². The number of carbonyl (C=O) groups excluding carboxylic acids is 4. The van der Waals surface area contributed by atoms with Crippen molar-refractivity contribution >= 4 is 51.7 Å². The Bertz CT molecular complexity index is 1330. The molecule has 2 aliphatic heterocycles. The summed E-state index contributed by atoms with van der Waals surface area (Å²) in [4.78, 5) is 55.9. The van der Waals surface area contributed by atoms with Gasteiger partial charge in [0, 0.05) is 14.7 Å². The molecule has 3 aromatic carbocycles. The monoisotopic (exact) mass is 549 g/mol. The van der Waals surface area contributed by atoms with E-state index in [2.05, 4.69) is 22.6 Å². The van der Waals surface area contributed by atoms with Crippen LogP contribution in [-0.2, 0) is 14.3 Å². The van der Waals surface area contributed by atoms with Crippen molar-refractivity contribution in [1.29, 1.82) is 0 Å². The number of ether oxygens (including phenoxy) is 1. The van der Waals surface area contributed by atoms with Crippen molar-refractivity contribution in [2.75, 3.05) is 4.90 Å². The maximum Gasteiger partial charge on any atom is 0.241 e. The Morgan fingerprint density at radius 1 is 0.758 bits per heavy atom. The van der Waals surface area contributed by atoms with Gasteiger partial charge in [0.2, 0.25) is 29.0 Å². The van der Waals surface area contributed by atoms with Crippen LogP contribution in [0.2, 0.25) is 0 Å². The summed E-state index contributed by atoms with van der Waals surface area (Å²) in [5.41, 5.74) is -0.530. The predicted octanol–water partition coefficient (Wildman–Crippen LogP) is 3.99. The van der Waals surface area contributed by atoms with Gasteiger partial charge in [-0.05, 0) is 52.4 Å². The third-order valence-electron chi connectivity index (χ3n) is 6.71. The highest BCUT2D eigenvalue weighted by Crippen LogP contribution is 2.57. The second kappa shape index (κ2) is 7.16. The number of nitrogens with zero attached hydrogens (tertiary/aromatic N) is 1. The van der Waals surface area contributed by atoms with Gasteiger partial charge >= 0.3 is 0 Å². The van der Waals surface area contributed by atoms with Crippen LogP contribution in [0.4, 0.5) is 5.69 Å². The molecule has 3 atom stereocenters. The number of amides is 2. The number of rotatable bonds is 2. The fourth-order valence-electron chi connectivity index (χ4n) is 5.33. The lowest BCUT2D eigenvalue weighted by Gasteiger charge is -2.27. The number of fused-ring (bicyclic) bond motifs is 3. The topological polar surface area (TPSA) is 80.8 Å². The van der Waals surface area contributed by atoms with Crippen molar-refractivity contribution in [1.82, 2.24) is 0 Å². The van der Waals surface area contributed by atoms with E-state index in [1.165, 1.54) is 0 Å². The summed E-state index contributed by atoms with van der Waals surface area (Å²) >= 11 is 2.15. The highest BCUT2D eigenvalue weighted by Gasteiger charge is 2.74. The maximum absolute atomic E-state index is 13.8. The minimum absolute atomic E-state index is 0.225. The quantitative estimate of drug-likeness (QED) is 0.275. The highest BCUT2D eigenvalue weighted by molar-refractivity contribution is 14.1. The Labute approximate surface area is 202 Å². The van der Waals surface area contributed by atoms with Crippen LogP contribution in [0.3, 0.4) is 0 Å². The van der Waals surface area contributed by atoms with Crippen LogP contribution in [0, 0.1) is 15.4 Å². The molecule has 3 aromatic rings. The van der Waals surface area contributed by atoms with E-state index in [1.54, 1.807) is 60.7 Å². The minimum atomic E-state index is -2.05. The smallest absolute Gasteiger partial charge is 0.241 e. The van der Waals surface area contributed by atoms with Crippen LogP contribution in [0.15, 0.2) is 78.9 Å². The van der Waals surface area contributed by atoms with E-state index in [-0.39, 0.29) is 11.1 Å². The lowest BCUT2D eigenvalue weighted by atomic mass is 9.77. The molecule has 0 unspecified atom stereocenters. The molecule has 162 valence electrons. The van der Waals surface area contributed by atoms with Crippen LogP contribution in [0.25, 0.3) is 0 Å². The first-order chi connectivity index (χ1) is 15.9. The zero-order valence-corrected chi connectivity index (χ0v) is 19.3. The number of Topliss-reactive ketones (excluding diaryl/α,β-unsaturated/α-hetero) is 2. The lowest BCUT2D eigenvalue weighted by molar-refractivity contribution is -0.127. The largest absolute Gasteiger partial charge is 0.349 e. The van der Waals surface area contributed by atoms with E-state index in [0.717, 1.165) is 8.47 Å². The predicted molar refractivity (Wildman–Crippen MR) is 127 cm³/mol. The van der Waals surface area contributed by atoms with Gasteiger partial charge in [0.25, 0.3) is 0 Å². The van der Waals surface area contributed by atoms with Gasteiger partial charge in [-0.3, -0.25) is 19.2 Å². The van der Waals surface area contributed by atoms with Crippen molar-refractivity contribution in [2.24, 2.45) is 11.8 Å². The van der Waals surface area contributed by atoms with Crippen LogP contribution < -0.4 is 4.90 Å². The molecule has 2 amide bonds. The fraction of sp³-hybridized carbons (Fsp3) is 0.154. The number of ketones is 2. The van der Waals surface area contributed by atoms with Crippen LogP contribution in [0.1, 0.15) is 32.4 Å². The molecule has 33 heavy (non-hydrogen) atoms. The average molecular weight is 549 g/mol. The normalized spacial score (nSPS) is 25.1. The number of carbonyl (C=O) groups is 4. The number of imide groups is 1. The molecule has 0 saturated carbocycles. The van der Waals surface area contributed by atoms with Gasteiger partial charge in [-0.15, -0.1) is 0 Å². The molecule has 0 aromatic heterocycles. The first-order valence-corrected chi connectivity index (χ1v) is 11.6.